The van der Waals surface area contributed by atoms with Crippen molar-refractivity contribution in [2.24, 2.45) is 12.5 Å². The fourth-order valence-corrected chi connectivity index (χ4v) is 2.75. The summed E-state index contributed by atoms with van der Waals surface area (Å²) in [5.41, 5.74) is 2.33. The third-order valence-electron chi connectivity index (χ3n) is 4.26. The van der Waals surface area contributed by atoms with Gasteiger partial charge in [-0.05, 0) is 37.5 Å². The molecular weight excluding hydrogens is 322 g/mol. The monoisotopic (exact) mass is 347 g/mol. The number of aliphatic hydroxyl groups excluding tert-OH is 1. The molecule has 1 aromatic carbocycles. The smallest absolute Gasteiger partial charge is 0.314 e. The molecular formula is C18H25N3O4. The van der Waals surface area contributed by atoms with Gasteiger partial charge in [-0.15, -0.1) is 5.10 Å². The summed E-state index contributed by atoms with van der Waals surface area (Å²) in [5.74, 6) is -0.372. The predicted molar refractivity (Wildman–Crippen MR) is 91.4 cm³/mol. The number of carbonyl (C=O) groups excluding carboxylic acids is 1. The van der Waals surface area contributed by atoms with Gasteiger partial charge in [0, 0.05) is 7.05 Å². The number of esters is 1. The lowest BCUT2D eigenvalue weighted by atomic mass is 9.81. The van der Waals surface area contributed by atoms with Gasteiger partial charge < -0.3 is 14.6 Å². The van der Waals surface area contributed by atoms with Crippen LogP contribution in [-0.4, -0.2) is 33.2 Å². The molecule has 25 heavy (non-hydrogen) atoms. The fraction of sp³-hybridized carbons (Fsp3) is 0.500. The highest BCUT2D eigenvalue weighted by molar-refractivity contribution is 5.77. The van der Waals surface area contributed by atoms with Crippen molar-refractivity contribution in [3.8, 4) is 0 Å². The minimum atomic E-state index is -0.918. The van der Waals surface area contributed by atoms with Gasteiger partial charge in [0.05, 0.1) is 38.0 Å². The molecule has 1 heterocycles. The van der Waals surface area contributed by atoms with E-state index in [-0.39, 0.29) is 19.2 Å². The number of aryl methyl sites for hydroxylation is 2. The van der Waals surface area contributed by atoms with Gasteiger partial charge in [-0.2, -0.15) is 0 Å². The fourth-order valence-electron chi connectivity index (χ4n) is 2.75. The number of ether oxygens (including phenoxy) is 2. The van der Waals surface area contributed by atoms with Gasteiger partial charge in [-0.3, -0.25) is 9.48 Å². The van der Waals surface area contributed by atoms with Crippen LogP contribution in [0.2, 0.25) is 0 Å². The second-order valence-corrected chi connectivity index (χ2v) is 6.63. The molecule has 1 aromatic heterocycles. The minimum absolute atomic E-state index is 0.0742. The van der Waals surface area contributed by atoms with Crippen LogP contribution in [-0.2, 0) is 34.5 Å². The van der Waals surface area contributed by atoms with Crippen LogP contribution in [0, 0.1) is 12.3 Å². The average Bonchev–Trinajstić information content (AvgIpc) is 3.00. The predicted octanol–water partition coefficient (Wildman–Crippen LogP) is 2.07. The molecule has 0 aliphatic heterocycles. The topological polar surface area (TPSA) is 86.5 Å². The van der Waals surface area contributed by atoms with Crippen molar-refractivity contribution in [3.63, 3.8) is 0 Å². The normalized spacial score (nSPS) is 12.9. The zero-order valence-electron chi connectivity index (χ0n) is 15.3. The van der Waals surface area contributed by atoms with Gasteiger partial charge in [-0.1, -0.05) is 23.4 Å². The zero-order chi connectivity index (χ0) is 18.6. The lowest BCUT2D eigenvalue weighted by Gasteiger charge is -2.32. The summed E-state index contributed by atoms with van der Waals surface area (Å²) >= 11 is 0. The molecule has 7 nitrogen and oxygen atoms in total. The second-order valence-electron chi connectivity index (χ2n) is 6.63. The number of carbonyl (C=O) groups is 1. The van der Waals surface area contributed by atoms with E-state index in [9.17, 15) is 9.90 Å². The Morgan fingerprint density at radius 2 is 2.12 bits per heavy atom. The molecule has 0 aliphatic rings. The zero-order valence-corrected chi connectivity index (χ0v) is 15.3. The third kappa shape index (κ3) is 4.24. The van der Waals surface area contributed by atoms with Crippen molar-refractivity contribution in [1.82, 2.24) is 15.0 Å². The number of hydrogen-bond donors (Lipinski definition) is 1. The number of rotatable bonds is 7. The first-order chi connectivity index (χ1) is 11.8. The summed E-state index contributed by atoms with van der Waals surface area (Å²) in [6.07, 6.45) is 1.20. The SMILES string of the molecule is COC(=O)C(C)(C)C(OCc1cn(C)nn1)c1ccc(C)c(CO)c1. The highest BCUT2D eigenvalue weighted by Gasteiger charge is 2.40. The quantitative estimate of drug-likeness (QED) is 0.772. The highest BCUT2D eigenvalue weighted by atomic mass is 16.5. The largest absolute Gasteiger partial charge is 0.469 e. The van der Waals surface area contributed by atoms with Crippen LogP contribution < -0.4 is 0 Å². The lowest BCUT2D eigenvalue weighted by Crippen LogP contribution is -2.34. The first kappa shape index (κ1) is 19.1. The Morgan fingerprint density at radius 3 is 2.68 bits per heavy atom. The Bertz CT molecular complexity index is 740. The summed E-state index contributed by atoms with van der Waals surface area (Å²) < 4.78 is 12.6. The average molecular weight is 347 g/mol. The van der Waals surface area contributed by atoms with E-state index in [0.29, 0.717) is 5.69 Å². The van der Waals surface area contributed by atoms with Crippen molar-refractivity contribution in [3.05, 3.63) is 46.8 Å². The summed E-state index contributed by atoms with van der Waals surface area (Å²) in [6.45, 7) is 5.62. The van der Waals surface area contributed by atoms with Crippen LogP contribution in [0.4, 0.5) is 0 Å². The Morgan fingerprint density at radius 1 is 1.40 bits per heavy atom. The Kier molecular flexibility index (Phi) is 5.92. The van der Waals surface area contributed by atoms with Gasteiger partial charge in [0.15, 0.2) is 0 Å². The molecule has 7 heteroatoms. The van der Waals surface area contributed by atoms with Crippen molar-refractivity contribution in [2.45, 2.75) is 40.1 Å². The van der Waals surface area contributed by atoms with Gasteiger partial charge in [0.25, 0.3) is 0 Å². The van der Waals surface area contributed by atoms with E-state index < -0.39 is 11.5 Å². The van der Waals surface area contributed by atoms with E-state index in [2.05, 4.69) is 10.3 Å². The molecule has 1 unspecified atom stereocenters. The molecule has 2 aromatic rings. The molecule has 0 saturated heterocycles. The van der Waals surface area contributed by atoms with Crippen LogP contribution >= 0.6 is 0 Å². The number of methoxy groups -OCH3 is 1. The van der Waals surface area contributed by atoms with E-state index in [1.807, 2.05) is 25.1 Å². The maximum atomic E-state index is 12.3. The molecule has 0 aliphatic carbocycles. The molecule has 0 saturated carbocycles. The number of benzene rings is 1. The summed E-state index contributed by atoms with van der Waals surface area (Å²) in [6, 6.07) is 5.68. The van der Waals surface area contributed by atoms with E-state index in [4.69, 9.17) is 9.47 Å². The summed E-state index contributed by atoms with van der Waals surface area (Å²) in [4.78, 5) is 12.3. The maximum Gasteiger partial charge on any atom is 0.314 e. The summed E-state index contributed by atoms with van der Waals surface area (Å²) in [7, 11) is 3.14. The van der Waals surface area contributed by atoms with Crippen molar-refractivity contribution < 1.29 is 19.4 Å². The molecule has 2 rings (SSSR count). The molecule has 1 N–H and O–H groups in total. The van der Waals surface area contributed by atoms with Crippen molar-refractivity contribution >= 4 is 5.97 Å². The van der Waals surface area contributed by atoms with Crippen molar-refractivity contribution in [1.29, 1.82) is 0 Å². The molecule has 1 atom stereocenters. The van der Waals surface area contributed by atoms with E-state index >= 15 is 0 Å². The number of aromatic nitrogens is 3. The van der Waals surface area contributed by atoms with Gasteiger partial charge in [0.1, 0.15) is 5.69 Å². The molecule has 0 spiro atoms. The molecule has 0 fully saturated rings. The number of nitrogens with zero attached hydrogens (tertiary/aromatic N) is 3. The number of hydrogen-bond acceptors (Lipinski definition) is 6. The maximum absolute atomic E-state index is 12.3. The standard InChI is InChI=1S/C18H25N3O4/c1-12-6-7-13(8-14(12)10-22)16(18(2,3)17(23)24-5)25-11-15-9-21(4)20-19-15/h6-9,16,22H,10-11H2,1-5H3. The van der Waals surface area contributed by atoms with Crippen LogP contribution in [0.1, 0.15) is 42.3 Å². The third-order valence-corrected chi connectivity index (χ3v) is 4.26. The van der Waals surface area contributed by atoms with Crippen LogP contribution in [0.15, 0.2) is 24.4 Å². The first-order valence-corrected chi connectivity index (χ1v) is 8.05. The summed E-state index contributed by atoms with van der Waals surface area (Å²) in [5, 5.41) is 17.4. The molecule has 0 bridgehead atoms. The number of aliphatic hydroxyl groups is 1. The van der Waals surface area contributed by atoms with Crippen LogP contribution in [0.3, 0.4) is 0 Å². The van der Waals surface area contributed by atoms with Crippen LogP contribution in [0.5, 0.6) is 0 Å². The van der Waals surface area contributed by atoms with E-state index in [0.717, 1.165) is 16.7 Å². The van der Waals surface area contributed by atoms with E-state index in [1.54, 1.807) is 31.8 Å². The van der Waals surface area contributed by atoms with Gasteiger partial charge in [-0.25, -0.2) is 0 Å². The molecule has 0 amide bonds. The minimum Gasteiger partial charge on any atom is -0.469 e. The lowest BCUT2D eigenvalue weighted by molar-refractivity contribution is -0.162. The molecule has 0 radical (unpaired) electrons. The highest BCUT2D eigenvalue weighted by Crippen LogP contribution is 2.39. The first-order valence-electron chi connectivity index (χ1n) is 8.05. The van der Waals surface area contributed by atoms with E-state index in [1.165, 1.54) is 7.11 Å². The Labute approximate surface area is 147 Å². The van der Waals surface area contributed by atoms with Crippen LogP contribution in [0.25, 0.3) is 0 Å². The van der Waals surface area contributed by atoms with Gasteiger partial charge >= 0.3 is 5.97 Å². The van der Waals surface area contributed by atoms with Gasteiger partial charge in [0.2, 0.25) is 0 Å². The van der Waals surface area contributed by atoms with Crippen molar-refractivity contribution in [2.75, 3.05) is 7.11 Å². The second kappa shape index (κ2) is 7.76. The molecule has 136 valence electrons. The Hall–Kier alpha value is -2.25. The Balaban J connectivity index is 2.35.